The Morgan fingerprint density at radius 2 is 1.81 bits per heavy atom. The maximum atomic E-state index is 12.6. The van der Waals surface area contributed by atoms with Gasteiger partial charge in [0.25, 0.3) is 5.91 Å². The second-order valence-corrected chi connectivity index (χ2v) is 6.36. The summed E-state index contributed by atoms with van der Waals surface area (Å²) in [5.41, 5.74) is 8.99. The Hall–Kier alpha value is -2.70. The van der Waals surface area contributed by atoms with Crippen molar-refractivity contribution in [1.29, 1.82) is 0 Å². The first kappa shape index (κ1) is 18.1. The van der Waals surface area contributed by atoms with Crippen molar-refractivity contribution >= 4 is 17.5 Å². The lowest BCUT2D eigenvalue weighted by molar-refractivity contribution is -0.117. The molecule has 136 valence electrons. The van der Waals surface area contributed by atoms with E-state index in [1.165, 1.54) is 0 Å². The van der Waals surface area contributed by atoms with Crippen LogP contribution in [0.25, 0.3) is 0 Å². The minimum absolute atomic E-state index is 0.0627. The molecule has 1 aliphatic heterocycles. The van der Waals surface area contributed by atoms with Gasteiger partial charge < -0.3 is 20.7 Å². The molecule has 1 heterocycles. The van der Waals surface area contributed by atoms with Gasteiger partial charge in [-0.2, -0.15) is 0 Å². The molecule has 0 aliphatic carbocycles. The van der Waals surface area contributed by atoms with Crippen LogP contribution in [0.5, 0.6) is 0 Å². The summed E-state index contributed by atoms with van der Waals surface area (Å²) in [7, 11) is 0. The molecule has 0 saturated carbocycles. The Labute approximate surface area is 152 Å². The highest BCUT2D eigenvalue weighted by Gasteiger charge is 2.20. The van der Waals surface area contributed by atoms with Crippen LogP contribution in [0.3, 0.4) is 0 Å². The first-order valence-corrected chi connectivity index (χ1v) is 8.65. The van der Waals surface area contributed by atoms with Crippen molar-refractivity contribution in [2.24, 2.45) is 5.73 Å². The van der Waals surface area contributed by atoms with Gasteiger partial charge in [0.15, 0.2) is 0 Å². The third kappa shape index (κ3) is 4.28. The number of carbonyl (C=O) groups excluding carboxylic acids is 2. The molecule has 6 heteroatoms. The number of hydrogen-bond donors (Lipinski definition) is 2. The van der Waals surface area contributed by atoms with Crippen LogP contribution < -0.4 is 11.1 Å². The maximum absolute atomic E-state index is 12.6. The number of anilines is 1. The van der Waals surface area contributed by atoms with E-state index in [9.17, 15) is 9.59 Å². The number of benzene rings is 2. The summed E-state index contributed by atoms with van der Waals surface area (Å²) < 4.78 is 5.27. The van der Waals surface area contributed by atoms with Gasteiger partial charge in [0, 0.05) is 24.3 Å². The SMILES string of the molecule is Cc1ccc(C(N)C(=O)Nc2cccc(C(=O)N3CCOCC3)c2)cc1. The minimum Gasteiger partial charge on any atom is -0.378 e. The first-order chi connectivity index (χ1) is 12.5. The summed E-state index contributed by atoms with van der Waals surface area (Å²) >= 11 is 0. The number of ether oxygens (including phenoxy) is 1. The average Bonchev–Trinajstić information content (AvgIpc) is 2.68. The molecule has 2 aromatic carbocycles. The first-order valence-electron chi connectivity index (χ1n) is 8.65. The van der Waals surface area contributed by atoms with Gasteiger partial charge in [-0.3, -0.25) is 9.59 Å². The van der Waals surface area contributed by atoms with Crippen LogP contribution in [0.15, 0.2) is 48.5 Å². The summed E-state index contributed by atoms with van der Waals surface area (Å²) in [5.74, 6) is -0.378. The molecule has 1 atom stereocenters. The molecule has 0 radical (unpaired) electrons. The molecular formula is C20H23N3O3. The second kappa shape index (κ2) is 8.12. The summed E-state index contributed by atoms with van der Waals surface area (Å²) in [6, 6.07) is 13.7. The van der Waals surface area contributed by atoms with Crippen molar-refractivity contribution < 1.29 is 14.3 Å². The third-order valence-corrected chi connectivity index (χ3v) is 4.39. The maximum Gasteiger partial charge on any atom is 0.254 e. The fraction of sp³-hybridized carbons (Fsp3) is 0.300. The van der Waals surface area contributed by atoms with E-state index >= 15 is 0 Å². The molecule has 1 fully saturated rings. The number of hydrogen-bond acceptors (Lipinski definition) is 4. The van der Waals surface area contributed by atoms with Crippen LogP contribution in [0.1, 0.15) is 27.5 Å². The standard InChI is InChI=1S/C20H23N3O3/c1-14-5-7-15(8-6-14)18(21)19(24)22-17-4-2-3-16(13-17)20(25)23-9-11-26-12-10-23/h2-8,13,18H,9-12,21H2,1H3,(H,22,24). The number of nitrogens with two attached hydrogens (primary N) is 1. The van der Waals surface area contributed by atoms with Crippen molar-refractivity contribution in [1.82, 2.24) is 4.90 Å². The van der Waals surface area contributed by atoms with Gasteiger partial charge >= 0.3 is 0 Å². The Balaban J connectivity index is 1.68. The molecule has 6 nitrogen and oxygen atoms in total. The third-order valence-electron chi connectivity index (χ3n) is 4.39. The minimum atomic E-state index is -0.769. The normalized spacial score (nSPS) is 15.4. The van der Waals surface area contributed by atoms with Crippen LogP contribution in [0.2, 0.25) is 0 Å². The number of nitrogens with zero attached hydrogens (tertiary/aromatic N) is 1. The molecule has 0 bridgehead atoms. The molecule has 0 aromatic heterocycles. The molecule has 2 aromatic rings. The number of aryl methyl sites for hydroxylation is 1. The lowest BCUT2D eigenvalue weighted by Crippen LogP contribution is -2.40. The van der Waals surface area contributed by atoms with Crippen molar-refractivity contribution in [3.05, 3.63) is 65.2 Å². The van der Waals surface area contributed by atoms with Gasteiger partial charge in [-0.1, -0.05) is 35.9 Å². The largest absolute Gasteiger partial charge is 0.378 e. The Kier molecular flexibility index (Phi) is 5.65. The van der Waals surface area contributed by atoms with Crippen LogP contribution in [-0.4, -0.2) is 43.0 Å². The molecule has 0 spiro atoms. The van der Waals surface area contributed by atoms with E-state index in [4.69, 9.17) is 10.5 Å². The van der Waals surface area contributed by atoms with Gasteiger partial charge in [0.2, 0.25) is 5.91 Å². The van der Waals surface area contributed by atoms with E-state index in [2.05, 4.69) is 5.32 Å². The van der Waals surface area contributed by atoms with Gasteiger partial charge in [-0.25, -0.2) is 0 Å². The lowest BCUT2D eigenvalue weighted by atomic mass is 10.1. The summed E-state index contributed by atoms with van der Waals surface area (Å²) in [6.07, 6.45) is 0. The topological polar surface area (TPSA) is 84.7 Å². The van der Waals surface area contributed by atoms with Crippen LogP contribution >= 0.6 is 0 Å². The van der Waals surface area contributed by atoms with E-state index in [-0.39, 0.29) is 11.8 Å². The van der Waals surface area contributed by atoms with Crippen LogP contribution in [0.4, 0.5) is 5.69 Å². The molecular weight excluding hydrogens is 330 g/mol. The van der Waals surface area contributed by atoms with E-state index in [1.807, 2.05) is 31.2 Å². The zero-order valence-electron chi connectivity index (χ0n) is 14.8. The summed E-state index contributed by atoms with van der Waals surface area (Å²) in [4.78, 5) is 26.7. The number of amides is 2. The van der Waals surface area contributed by atoms with Gasteiger partial charge in [0.05, 0.1) is 13.2 Å². The molecule has 1 aliphatic rings. The molecule has 3 N–H and O–H groups in total. The zero-order valence-corrected chi connectivity index (χ0v) is 14.8. The predicted molar refractivity (Wildman–Crippen MR) is 99.9 cm³/mol. The smallest absolute Gasteiger partial charge is 0.254 e. The highest BCUT2D eigenvalue weighted by atomic mass is 16.5. The Morgan fingerprint density at radius 3 is 2.50 bits per heavy atom. The zero-order chi connectivity index (χ0) is 18.5. The van der Waals surface area contributed by atoms with E-state index in [1.54, 1.807) is 29.2 Å². The van der Waals surface area contributed by atoms with Crippen LogP contribution in [0, 0.1) is 6.92 Å². The van der Waals surface area contributed by atoms with Crippen molar-refractivity contribution in [2.45, 2.75) is 13.0 Å². The molecule has 1 saturated heterocycles. The van der Waals surface area contributed by atoms with Gasteiger partial charge in [0.1, 0.15) is 6.04 Å². The van der Waals surface area contributed by atoms with E-state index < -0.39 is 6.04 Å². The number of nitrogens with one attached hydrogen (secondary N) is 1. The monoisotopic (exact) mass is 353 g/mol. The molecule has 26 heavy (non-hydrogen) atoms. The van der Waals surface area contributed by atoms with Crippen molar-refractivity contribution in [2.75, 3.05) is 31.6 Å². The number of morpholine rings is 1. The quantitative estimate of drug-likeness (QED) is 0.882. The second-order valence-electron chi connectivity index (χ2n) is 6.36. The molecule has 2 amide bonds. The van der Waals surface area contributed by atoms with Gasteiger partial charge in [-0.05, 0) is 30.7 Å². The Bertz CT molecular complexity index is 783. The van der Waals surface area contributed by atoms with E-state index in [0.717, 1.165) is 11.1 Å². The fourth-order valence-electron chi connectivity index (χ4n) is 2.82. The van der Waals surface area contributed by atoms with E-state index in [0.29, 0.717) is 37.6 Å². The highest BCUT2D eigenvalue weighted by Crippen LogP contribution is 2.17. The fourth-order valence-corrected chi connectivity index (χ4v) is 2.82. The number of rotatable bonds is 4. The Morgan fingerprint density at radius 1 is 1.12 bits per heavy atom. The average molecular weight is 353 g/mol. The summed E-state index contributed by atoms with van der Waals surface area (Å²) in [5, 5.41) is 2.79. The van der Waals surface area contributed by atoms with Crippen molar-refractivity contribution in [3.63, 3.8) is 0 Å². The van der Waals surface area contributed by atoms with Gasteiger partial charge in [-0.15, -0.1) is 0 Å². The summed E-state index contributed by atoms with van der Waals surface area (Å²) in [6.45, 7) is 4.23. The molecule has 1 unspecified atom stereocenters. The van der Waals surface area contributed by atoms with Crippen LogP contribution in [-0.2, 0) is 9.53 Å². The lowest BCUT2D eigenvalue weighted by Gasteiger charge is -2.27. The molecule has 3 rings (SSSR count). The predicted octanol–water partition coefficient (Wildman–Crippen LogP) is 2.11. The number of carbonyl (C=O) groups is 2. The van der Waals surface area contributed by atoms with Crippen molar-refractivity contribution in [3.8, 4) is 0 Å². The highest BCUT2D eigenvalue weighted by molar-refractivity contribution is 5.98.